The second kappa shape index (κ2) is 9.18. The van der Waals surface area contributed by atoms with Crippen LogP contribution in [0.1, 0.15) is 55.0 Å². The maximum absolute atomic E-state index is 11.6. The van der Waals surface area contributed by atoms with Gasteiger partial charge in [-0.05, 0) is 68.5 Å². The molecule has 0 bridgehead atoms. The van der Waals surface area contributed by atoms with Crippen LogP contribution in [0.4, 0.5) is 11.6 Å². The number of hydrogen-bond acceptors (Lipinski definition) is 5. The first-order valence-corrected chi connectivity index (χ1v) is 11.7. The molecule has 1 N–H and O–H groups in total. The number of anilines is 2. The van der Waals surface area contributed by atoms with E-state index < -0.39 is 0 Å². The molecule has 31 heavy (non-hydrogen) atoms. The zero-order chi connectivity index (χ0) is 21.0. The molecule has 1 aliphatic carbocycles. The summed E-state index contributed by atoms with van der Waals surface area (Å²) in [6.07, 6.45) is 10.4. The van der Waals surface area contributed by atoms with Gasteiger partial charge in [0, 0.05) is 44.2 Å². The Bertz CT molecular complexity index is 960. The lowest BCUT2D eigenvalue weighted by Crippen LogP contribution is -2.46. The fourth-order valence-electron chi connectivity index (χ4n) is 4.41. The topological polar surface area (TPSA) is 61.4 Å². The fourth-order valence-corrected chi connectivity index (χ4v) is 4.41. The second-order valence-corrected chi connectivity index (χ2v) is 8.86. The van der Waals surface area contributed by atoms with Crippen LogP contribution in [0.3, 0.4) is 0 Å². The number of piperazine rings is 1. The van der Waals surface area contributed by atoms with E-state index in [0.717, 1.165) is 74.9 Å². The van der Waals surface area contributed by atoms with Crippen LogP contribution in [0.2, 0.25) is 0 Å². The van der Waals surface area contributed by atoms with Crippen LogP contribution in [0.25, 0.3) is 6.08 Å². The first kappa shape index (κ1) is 20.2. The van der Waals surface area contributed by atoms with Gasteiger partial charge in [-0.3, -0.25) is 9.69 Å². The van der Waals surface area contributed by atoms with Crippen molar-refractivity contribution >= 4 is 23.6 Å². The first-order chi connectivity index (χ1) is 15.2. The Labute approximate surface area is 184 Å². The predicted molar refractivity (Wildman–Crippen MR) is 124 cm³/mol. The number of aryl methyl sites for hydroxylation is 1. The van der Waals surface area contributed by atoms with Gasteiger partial charge in [-0.1, -0.05) is 18.2 Å². The number of rotatable bonds is 7. The molecule has 2 aliphatic heterocycles. The lowest BCUT2D eigenvalue weighted by molar-refractivity contribution is -0.116. The van der Waals surface area contributed by atoms with E-state index in [2.05, 4.69) is 56.5 Å². The van der Waals surface area contributed by atoms with Crippen LogP contribution in [-0.4, -0.2) is 53.5 Å². The summed E-state index contributed by atoms with van der Waals surface area (Å²) >= 11 is 0. The Morgan fingerprint density at radius 3 is 2.74 bits per heavy atom. The number of hydrogen-bond donors (Lipinski definition) is 1. The Morgan fingerprint density at radius 1 is 1.03 bits per heavy atom. The third-order valence-corrected chi connectivity index (χ3v) is 6.46. The second-order valence-electron chi connectivity index (χ2n) is 8.86. The molecule has 6 nitrogen and oxygen atoms in total. The summed E-state index contributed by atoms with van der Waals surface area (Å²) in [7, 11) is 0. The molecule has 0 spiro atoms. The van der Waals surface area contributed by atoms with Gasteiger partial charge in [0.2, 0.25) is 5.91 Å². The molecule has 1 saturated carbocycles. The SMILES string of the molecule is O=C1CCc2ccc(C=CCCCN3CCN(c4cccc(C5CC5)n4)CC3)nc2N1. The van der Waals surface area contributed by atoms with Crippen molar-refractivity contribution in [2.75, 3.05) is 42.9 Å². The largest absolute Gasteiger partial charge is 0.354 e. The molecule has 1 saturated heterocycles. The minimum atomic E-state index is 0.0626. The molecule has 1 amide bonds. The van der Waals surface area contributed by atoms with Gasteiger partial charge in [-0.25, -0.2) is 9.97 Å². The van der Waals surface area contributed by atoms with Gasteiger partial charge >= 0.3 is 0 Å². The van der Waals surface area contributed by atoms with Crippen molar-refractivity contribution < 1.29 is 4.79 Å². The van der Waals surface area contributed by atoms with Gasteiger partial charge in [0.05, 0.1) is 5.69 Å². The van der Waals surface area contributed by atoms with Crippen LogP contribution >= 0.6 is 0 Å². The number of aromatic nitrogens is 2. The molecular weight excluding hydrogens is 386 g/mol. The van der Waals surface area contributed by atoms with Crippen LogP contribution < -0.4 is 10.2 Å². The van der Waals surface area contributed by atoms with E-state index in [0.29, 0.717) is 12.3 Å². The molecule has 5 rings (SSSR count). The van der Waals surface area contributed by atoms with E-state index in [1.807, 2.05) is 6.07 Å². The van der Waals surface area contributed by atoms with E-state index in [1.165, 1.54) is 18.5 Å². The lowest BCUT2D eigenvalue weighted by atomic mass is 10.1. The third-order valence-electron chi connectivity index (χ3n) is 6.46. The van der Waals surface area contributed by atoms with E-state index in [-0.39, 0.29) is 5.91 Å². The number of allylic oxidation sites excluding steroid dienone is 1. The Kier molecular flexibility index (Phi) is 5.98. The minimum Gasteiger partial charge on any atom is -0.354 e. The van der Waals surface area contributed by atoms with Crippen molar-refractivity contribution in [1.82, 2.24) is 14.9 Å². The molecule has 0 atom stereocenters. The Balaban J connectivity index is 1.04. The fraction of sp³-hybridized carbons (Fsp3) is 0.480. The van der Waals surface area contributed by atoms with Crippen molar-refractivity contribution in [3.8, 4) is 0 Å². The number of fused-ring (bicyclic) bond motifs is 1. The van der Waals surface area contributed by atoms with Gasteiger partial charge in [0.1, 0.15) is 11.6 Å². The van der Waals surface area contributed by atoms with Gasteiger partial charge in [-0.15, -0.1) is 0 Å². The smallest absolute Gasteiger partial charge is 0.225 e. The Hall–Kier alpha value is -2.73. The van der Waals surface area contributed by atoms with Crippen molar-refractivity contribution in [2.45, 2.75) is 44.4 Å². The van der Waals surface area contributed by atoms with E-state index in [9.17, 15) is 4.79 Å². The van der Waals surface area contributed by atoms with E-state index >= 15 is 0 Å². The molecule has 162 valence electrons. The number of nitrogens with zero attached hydrogens (tertiary/aromatic N) is 4. The van der Waals surface area contributed by atoms with Crippen molar-refractivity contribution in [1.29, 1.82) is 0 Å². The quantitative estimate of drug-likeness (QED) is 0.694. The summed E-state index contributed by atoms with van der Waals surface area (Å²) in [6, 6.07) is 10.6. The van der Waals surface area contributed by atoms with Crippen molar-refractivity contribution in [2.24, 2.45) is 0 Å². The summed E-state index contributed by atoms with van der Waals surface area (Å²) in [5, 5.41) is 2.87. The highest BCUT2D eigenvalue weighted by atomic mass is 16.1. The molecule has 2 fully saturated rings. The molecule has 6 heteroatoms. The number of amides is 1. The predicted octanol–water partition coefficient (Wildman–Crippen LogP) is 3.85. The molecule has 0 radical (unpaired) electrons. The van der Waals surface area contributed by atoms with E-state index in [1.54, 1.807) is 0 Å². The summed E-state index contributed by atoms with van der Waals surface area (Å²) < 4.78 is 0. The van der Waals surface area contributed by atoms with E-state index in [4.69, 9.17) is 4.98 Å². The highest BCUT2D eigenvalue weighted by Gasteiger charge is 2.26. The van der Waals surface area contributed by atoms with Crippen molar-refractivity contribution in [3.63, 3.8) is 0 Å². The van der Waals surface area contributed by atoms with Gasteiger partial charge in [0.25, 0.3) is 0 Å². The number of pyridine rings is 2. The number of carbonyl (C=O) groups excluding carboxylic acids is 1. The average Bonchev–Trinajstić information content (AvgIpc) is 3.65. The number of carbonyl (C=O) groups is 1. The molecule has 0 aromatic carbocycles. The zero-order valence-corrected chi connectivity index (χ0v) is 18.1. The monoisotopic (exact) mass is 417 g/mol. The molecule has 2 aromatic heterocycles. The highest BCUT2D eigenvalue weighted by molar-refractivity contribution is 5.92. The molecular formula is C25H31N5O. The maximum Gasteiger partial charge on any atom is 0.225 e. The summed E-state index contributed by atoms with van der Waals surface area (Å²) in [5.41, 5.74) is 3.32. The minimum absolute atomic E-state index is 0.0626. The molecule has 0 unspecified atom stereocenters. The zero-order valence-electron chi connectivity index (χ0n) is 18.1. The highest BCUT2D eigenvalue weighted by Crippen LogP contribution is 2.39. The lowest BCUT2D eigenvalue weighted by Gasteiger charge is -2.35. The first-order valence-electron chi connectivity index (χ1n) is 11.7. The maximum atomic E-state index is 11.6. The van der Waals surface area contributed by atoms with Gasteiger partial charge in [0.15, 0.2) is 0 Å². The van der Waals surface area contributed by atoms with Crippen molar-refractivity contribution in [3.05, 3.63) is 53.4 Å². The standard InChI is InChI=1S/C25H31N5O/c31-24-13-11-20-10-12-21(26-25(20)28-24)5-2-1-3-14-29-15-17-30(18-16-29)23-7-4-6-22(27-23)19-8-9-19/h2,4-7,10,12,19H,1,3,8-9,11,13-18H2,(H,26,28,31). The summed E-state index contributed by atoms with van der Waals surface area (Å²) in [5.74, 6) is 2.66. The summed E-state index contributed by atoms with van der Waals surface area (Å²) in [6.45, 7) is 5.45. The summed E-state index contributed by atoms with van der Waals surface area (Å²) in [4.78, 5) is 26.0. The van der Waals surface area contributed by atoms with Crippen LogP contribution in [0.15, 0.2) is 36.4 Å². The van der Waals surface area contributed by atoms with Crippen LogP contribution in [0, 0.1) is 0 Å². The Morgan fingerprint density at radius 2 is 1.90 bits per heavy atom. The van der Waals surface area contributed by atoms with Gasteiger partial charge < -0.3 is 10.2 Å². The average molecular weight is 418 g/mol. The normalized spacial score (nSPS) is 19.5. The van der Waals surface area contributed by atoms with Gasteiger partial charge in [-0.2, -0.15) is 0 Å². The number of nitrogens with one attached hydrogen (secondary N) is 1. The molecule has 4 heterocycles. The van der Waals surface area contributed by atoms with Crippen LogP contribution in [0.5, 0.6) is 0 Å². The molecule has 3 aliphatic rings. The molecule has 2 aromatic rings. The third kappa shape index (κ3) is 5.13. The number of unbranched alkanes of at least 4 members (excludes halogenated alkanes) is 1. The van der Waals surface area contributed by atoms with Crippen LogP contribution in [-0.2, 0) is 11.2 Å².